The smallest absolute Gasteiger partial charge is 0.323 e. The Labute approximate surface area is 59.9 Å². The number of carbonyl (C=O) groups is 1. The van der Waals surface area contributed by atoms with Crippen LogP contribution in [0.2, 0.25) is 0 Å². The molecular formula is C6H13NO3. The van der Waals surface area contributed by atoms with Gasteiger partial charge in [-0.3, -0.25) is 4.79 Å². The third kappa shape index (κ3) is 2.80. The van der Waals surface area contributed by atoms with Crippen LogP contribution in [0.15, 0.2) is 0 Å². The normalized spacial score (nSPS) is 16.3. The maximum atomic E-state index is 10.3. The molecule has 0 bridgehead atoms. The maximum Gasteiger partial charge on any atom is 0.323 e. The van der Waals surface area contributed by atoms with Gasteiger partial charge in [0.1, 0.15) is 6.04 Å². The highest BCUT2D eigenvalue weighted by Crippen LogP contribution is 1.91. The molecule has 0 amide bonds. The standard InChI is InChI=1S/C6H13NO3/c1-3-7-5(4(2)8)6(9)10/h4-5,7-8H,3H2,1-2H3,(H,9,10)/t4-,5+/m1/s1. The summed E-state index contributed by atoms with van der Waals surface area (Å²) in [6.45, 7) is 3.78. The molecule has 0 saturated heterocycles. The van der Waals surface area contributed by atoms with Crippen molar-refractivity contribution in [1.29, 1.82) is 0 Å². The molecule has 10 heavy (non-hydrogen) atoms. The SMILES string of the molecule is CCN[C@H](C(=O)O)[C@@H](C)O. The topological polar surface area (TPSA) is 69.6 Å². The van der Waals surface area contributed by atoms with Gasteiger partial charge in [0, 0.05) is 0 Å². The molecule has 0 aliphatic rings. The van der Waals surface area contributed by atoms with Crippen molar-refractivity contribution in [2.75, 3.05) is 6.54 Å². The van der Waals surface area contributed by atoms with Crippen molar-refractivity contribution < 1.29 is 15.0 Å². The Bertz CT molecular complexity index is 114. The van der Waals surface area contributed by atoms with Gasteiger partial charge in [0.25, 0.3) is 0 Å². The summed E-state index contributed by atoms with van der Waals surface area (Å²) in [5.41, 5.74) is 0. The number of nitrogens with one attached hydrogen (secondary N) is 1. The maximum absolute atomic E-state index is 10.3. The van der Waals surface area contributed by atoms with Crippen LogP contribution in [0.25, 0.3) is 0 Å². The predicted molar refractivity (Wildman–Crippen MR) is 36.8 cm³/mol. The van der Waals surface area contributed by atoms with Gasteiger partial charge in [-0.1, -0.05) is 6.92 Å². The Morgan fingerprint density at radius 2 is 2.20 bits per heavy atom. The van der Waals surface area contributed by atoms with Gasteiger partial charge < -0.3 is 15.5 Å². The molecule has 0 aromatic carbocycles. The second-order valence-electron chi connectivity index (χ2n) is 2.11. The molecule has 0 spiro atoms. The second kappa shape index (κ2) is 4.24. The van der Waals surface area contributed by atoms with E-state index in [1.54, 1.807) is 6.92 Å². The van der Waals surface area contributed by atoms with Gasteiger partial charge in [0.05, 0.1) is 6.10 Å². The van der Waals surface area contributed by atoms with E-state index in [9.17, 15) is 4.79 Å². The first-order valence-corrected chi connectivity index (χ1v) is 3.23. The van der Waals surface area contributed by atoms with Crippen LogP contribution in [0.4, 0.5) is 0 Å². The molecule has 3 N–H and O–H groups in total. The molecule has 0 radical (unpaired) electrons. The lowest BCUT2D eigenvalue weighted by atomic mass is 10.2. The first-order chi connectivity index (χ1) is 4.59. The highest BCUT2D eigenvalue weighted by atomic mass is 16.4. The van der Waals surface area contributed by atoms with Gasteiger partial charge >= 0.3 is 5.97 Å². The second-order valence-corrected chi connectivity index (χ2v) is 2.11. The lowest BCUT2D eigenvalue weighted by molar-refractivity contribution is -0.142. The monoisotopic (exact) mass is 147 g/mol. The Morgan fingerprint density at radius 1 is 1.70 bits per heavy atom. The van der Waals surface area contributed by atoms with Crippen molar-refractivity contribution in [1.82, 2.24) is 5.32 Å². The number of aliphatic carboxylic acids is 1. The zero-order chi connectivity index (χ0) is 8.15. The molecule has 0 fully saturated rings. The van der Waals surface area contributed by atoms with Crippen LogP contribution >= 0.6 is 0 Å². The van der Waals surface area contributed by atoms with Gasteiger partial charge in [0.2, 0.25) is 0 Å². The van der Waals surface area contributed by atoms with E-state index in [0.717, 1.165) is 0 Å². The molecule has 4 nitrogen and oxygen atoms in total. The molecule has 0 rings (SSSR count). The van der Waals surface area contributed by atoms with E-state index in [2.05, 4.69) is 5.32 Å². The van der Waals surface area contributed by atoms with Crippen molar-refractivity contribution in [3.05, 3.63) is 0 Å². The molecule has 4 heteroatoms. The first-order valence-electron chi connectivity index (χ1n) is 3.23. The van der Waals surface area contributed by atoms with E-state index in [0.29, 0.717) is 6.54 Å². The van der Waals surface area contributed by atoms with Crippen LogP contribution in [0, 0.1) is 0 Å². The minimum Gasteiger partial charge on any atom is -0.480 e. The van der Waals surface area contributed by atoms with Gasteiger partial charge in [-0.05, 0) is 13.5 Å². The lowest BCUT2D eigenvalue weighted by Gasteiger charge is -2.14. The molecule has 0 saturated carbocycles. The number of hydrogen-bond donors (Lipinski definition) is 3. The van der Waals surface area contributed by atoms with Gasteiger partial charge in [0.15, 0.2) is 0 Å². The van der Waals surface area contributed by atoms with Gasteiger partial charge in [-0.15, -0.1) is 0 Å². The Hall–Kier alpha value is -0.610. The van der Waals surface area contributed by atoms with Crippen molar-refractivity contribution in [2.24, 2.45) is 0 Å². The molecule has 0 aromatic rings. The Morgan fingerprint density at radius 3 is 2.30 bits per heavy atom. The minimum absolute atomic E-state index is 0.544. The highest BCUT2D eigenvalue weighted by molar-refractivity contribution is 5.74. The van der Waals surface area contributed by atoms with Crippen molar-refractivity contribution in [2.45, 2.75) is 26.0 Å². The molecule has 2 atom stereocenters. The molecule has 60 valence electrons. The number of likely N-dealkylation sites (N-methyl/N-ethyl adjacent to an activating group) is 1. The predicted octanol–water partition coefficient (Wildman–Crippen LogP) is -0.570. The largest absolute Gasteiger partial charge is 0.480 e. The van der Waals surface area contributed by atoms with Crippen LogP contribution in [0.3, 0.4) is 0 Å². The van der Waals surface area contributed by atoms with E-state index in [1.165, 1.54) is 6.92 Å². The Balaban J connectivity index is 3.85. The highest BCUT2D eigenvalue weighted by Gasteiger charge is 2.20. The fourth-order valence-corrected chi connectivity index (χ4v) is 0.684. The lowest BCUT2D eigenvalue weighted by Crippen LogP contribution is -2.44. The summed E-state index contributed by atoms with van der Waals surface area (Å²) in [5.74, 6) is -1.02. The van der Waals surface area contributed by atoms with E-state index in [-0.39, 0.29) is 0 Å². The van der Waals surface area contributed by atoms with E-state index in [4.69, 9.17) is 10.2 Å². The van der Waals surface area contributed by atoms with Crippen LogP contribution < -0.4 is 5.32 Å². The van der Waals surface area contributed by atoms with Crippen LogP contribution in [0.5, 0.6) is 0 Å². The summed E-state index contributed by atoms with van der Waals surface area (Å²) in [5, 5.41) is 20.0. The van der Waals surface area contributed by atoms with E-state index < -0.39 is 18.1 Å². The van der Waals surface area contributed by atoms with E-state index in [1.807, 2.05) is 0 Å². The number of aliphatic hydroxyl groups is 1. The van der Waals surface area contributed by atoms with Crippen molar-refractivity contribution >= 4 is 5.97 Å². The number of carboxylic acids is 1. The zero-order valence-electron chi connectivity index (χ0n) is 6.16. The molecule has 0 aromatic heterocycles. The summed E-state index contributed by atoms with van der Waals surface area (Å²) in [6, 6.07) is -0.843. The molecule has 0 aliphatic heterocycles. The summed E-state index contributed by atoms with van der Waals surface area (Å²) >= 11 is 0. The average molecular weight is 147 g/mol. The number of aliphatic hydroxyl groups excluding tert-OH is 1. The van der Waals surface area contributed by atoms with Crippen molar-refractivity contribution in [3.63, 3.8) is 0 Å². The summed E-state index contributed by atoms with van der Waals surface area (Å²) in [6.07, 6.45) is -0.850. The molecule has 0 heterocycles. The molecule has 0 aliphatic carbocycles. The fourth-order valence-electron chi connectivity index (χ4n) is 0.684. The fraction of sp³-hybridized carbons (Fsp3) is 0.833. The third-order valence-corrected chi connectivity index (χ3v) is 1.17. The number of carboxylic acid groups (broad SMARTS) is 1. The van der Waals surface area contributed by atoms with Gasteiger partial charge in [-0.2, -0.15) is 0 Å². The van der Waals surface area contributed by atoms with Crippen LogP contribution in [0.1, 0.15) is 13.8 Å². The quantitative estimate of drug-likeness (QED) is 0.498. The Kier molecular flexibility index (Phi) is 3.99. The summed E-state index contributed by atoms with van der Waals surface area (Å²) in [4.78, 5) is 10.3. The van der Waals surface area contributed by atoms with E-state index >= 15 is 0 Å². The summed E-state index contributed by atoms with van der Waals surface area (Å²) in [7, 11) is 0. The van der Waals surface area contributed by atoms with Crippen LogP contribution in [-0.2, 0) is 4.79 Å². The minimum atomic E-state index is -1.02. The number of rotatable bonds is 4. The molecular weight excluding hydrogens is 134 g/mol. The third-order valence-electron chi connectivity index (χ3n) is 1.17. The molecule has 0 unspecified atom stereocenters. The van der Waals surface area contributed by atoms with Gasteiger partial charge in [-0.25, -0.2) is 0 Å². The number of hydrogen-bond acceptors (Lipinski definition) is 3. The zero-order valence-corrected chi connectivity index (χ0v) is 6.16. The van der Waals surface area contributed by atoms with Crippen LogP contribution in [-0.4, -0.2) is 34.9 Å². The average Bonchev–Trinajstić information content (AvgIpc) is 1.81. The first kappa shape index (κ1) is 9.39. The summed E-state index contributed by atoms with van der Waals surface area (Å²) < 4.78 is 0. The van der Waals surface area contributed by atoms with Crippen molar-refractivity contribution in [3.8, 4) is 0 Å².